The second-order valence-electron chi connectivity index (χ2n) is 5.81. The van der Waals surface area contributed by atoms with Crippen molar-refractivity contribution in [3.05, 3.63) is 17.0 Å². The third-order valence-electron chi connectivity index (χ3n) is 3.45. The van der Waals surface area contributed by atoms with E-state index < -0.39 is 10.0 Å². The molecule has 0 atom stereocenters. The van der Waals surface area contributed by atoms with Gasteiger partial charge in [0.05, 0.1) is 0 Å². The van der Waals surface area contributed by atoms with Crippen LogP contribution >= 0.6 is 11.3 Å². The normalized spacial score (nSPS) is 19.9. The maximum absolute atomic E-state index is 12.5. The van der Waals surface area contributed by atoms with Gasteiger partial charge in [0.2, 0.25) is 0 Å². The highest BCUT2D eigenvalue weighted by molar-refractivity contribution is 7.91. The first-order valence-corrected chi connectivity index (χ1v) is 8.95. The summed E-state index contributed by atoms with van der Waals surface area (Å²) < 4.78 is 27.1. The highest BCUT2D eigenvalue weighted by Gasteiger charge is 2.37. The lowest BCUT2D eigenvalue weighted by atomic mass is 9.93. The van der Waals surface area contributed by atoms with E-state index in [0.717, 1.165) is 25.1 Å². The zero-order valence-electron chi connectivity index (χ0n) is 11.8. The van der Waals surface area contributed by atoms with Gasteiger partial charge in [0, 0.05) is 19.6 Å². The maximum atomic E-state index is 12.5. The summed E-state index contributed by atoms with van der Waals surface area (Å²) in [7, 11) is -3.29. The summed E-state index contributed by atoms with van der Waals surface area (Å²) in [6.45, 7) is 9.15. The van der Waals surface area contributed by atoms with Gasteiger partial charge >= 0.3 is 0 Å². The van der Waals surface area contributed by atoms with Gasteiger partial charge in [-0.15, -0.1) is 11.3 Å². The lowest BCUT2D eigenvalue weighted by molar-refractivity contribution is 0.376. The van der Waals surface area contributed by atoms with Crippen molar-refractivity contribution in [1.82, 2.24) is 9.62 Å². The molecule has 2 heterocycles. The van der Waals surface area contributed by atoms with Crippen LogP contribution in [0.3, 0.4) is 0 Å². The van der Waals surface area contributed by atoms with Crippen LogP contribution in [0.25, 0.3) is 0 Å². The Kier molecular flexibility index (Phi) is 4.35. The van der Waals surface area contributed by atoms with Crippen LogP contribution in [0.4, 0.5) is 0 Å². The van der Waals surface area contributed by atoms with Crippen molar-refractivity contribution >= 4 is 21.4 Å². The van der Waals surface area contributed by atoms with E-state index in [1.54, 1.807) is 10.4 Å². The fourth-order valence-corrected chi connectivity index (χ4v) is 5.24. The Morgan fingerprint density at radius 3 is 2.79 bits per heavy atom. The molecule has 6 heteroatoms. The van der Waals surface area contributed by atoms with Crippen molar-refractivity contribution in [3.63, 3.8) is 0 Å². The van der Waals surface area contributed by atoms with Crippen LogP contribution in [0.1, 0.15) is 32.8 Å². The lowest BCUT2D eigenvalue weighted by Gasteiger charge is -2.18. The molecular weight excluding hydrogens is 280 g/mol. The van der Waals surface area contributed by atoms with E-state index >= 15 is 0 Å². The van der Waals surface area contributed by atoms with Gasteiger partial charge in [-0.05, 0) is 35.4 Å². The van der Waals surface area contributed by atoms with Crippen molar-refractivity contribution in [2.75, 3.05) is 19.6 Å². The molecule has 0 bridgehead atoms. The molecule has 0 aliphatic carbocycles. The molecule has 0 unspecified atom stereocenters. The van der Waals surface area contributed by atoms with Crippen molar-refractivity contribution in [2.24, 2.45) is 5.41 Å². The van der Waals surface area contributed by atoms with Gasteiger partial charge in [0.1, 0.15) is 4.21 Å². The Balaban J connectivity index is 2.14. The van der Waals surface area contributed by atoms with Crippen LogP contribution in [-0.2, 0) is 16.6 Å². The minimum Gasteiger partial charge on any atom is -0.313 e. The number of nitrogens with one attached hydrogen (secondary N) is 1. The fourth-order valence-electron chi connectivity index (χ4n) is 2.25. The summed E-state index contributed by atoms with van der Waals surface area (Å²) in [6, 6.07) is 1.80. The van der Waals surface area contributed by atoms with Gasteiger partial charge in [-0.25, -0.2) is 8.42 Å². The fraction of sp³-hybridized carbons (Fsp3) is 0.692. The van der Waals surface area contributed by atoms with E-state index in [1.165, 1.54) is 11.3 Å². The molecule has 0 spiro atoms. The SMILES string of the molecule is CCNCc1csc(S(=O)(=O)N2CCC(C)(C)C2)c1. The highest BCUT2D eigenvalue weighted by atomic mass is 32.2. The van der Waals surface area contributed by atoms with Crippen LogP contribution < -0.4 is 5.32 Å². The number of thiophene rings is 1. The third kappa shape index (κ3) is 3.37. The summed E-state index contributed by atoms with van der Waals surface area (Å²) in [6.07, 6.45) is 0.932. The van der Waals surface area contributed by atoms with E-state index in [1.807, 2.05) is 12.3 Å². The molecule has 1 fully saturated rings. The Morgan fingerprint density at radius 1 is 1.47 bits per heavy atom. The first-order chi connectivity index (χ1) is 8.85. The van der Waals surface area contributed by atoms with Crippen molar-refractivity contribution < 1.29 is 8.42 Å². The van der Waals surface area contributed by atoms with Crippen LogP contribution in [-0.4, -0.2) is 32.4 Å². The summed E-state index contributed by atoms with van der Waals surface area (Å²) in [5, 5.41) is 5.14. The Hall–Kier alpha value is -0.430. The summed E-state index contributed by atoms with van der Waals surface area (Å²) >= 11 is 1.32. The maximum Gasteiger partial charge on any atom is 0.252 e. The van der Waals surface area contributed by atoms with Gasteiger partial charge in [-0.2, -0.15) is 4.31 Å². The van der Waals surface area contributed by atoms with Gasteiger partial charge in [-0.1, -0.05) is 20.8 Å². The monoisotopic (exact) mass is 302 g/mol. The standard InChI is InChI=1S/C13H22N2O2S2/c1-4-14-8-11-7-12(18-9-11)19(16,17)15-6-5-13(2,3)10-15/h7,9,14H,4-6,8,10H2,1-3H3. The summed E-state index contributed by atoms with van der Waals surface area (Å²) in [5.74, 6) is 0. The number of rotatable bonds is 5. The first kappa shape index (κ1) is 15.0. The Morgan fingerprint density at radius 2 is 2.21 bits per heavy atom. The molecule has 0 amide bonds. The molecule has 19 heavy (non-hydrogen) atoms. The summed E-state index contributed by atoms with van der Waals surface area (Å²) in [4.78, 5) is 0. The zero-order valence-corrected chi connectivity index (χ0v) is 13.4. The predicted molar refractivity (Wildman–Crippen MR) is 78.9 cm³/mol. The van der Waals surface area contributed by atoms with E-state index in [2.05, 4.69) is 19.2 Å². The topological polar surface area (TPSA) is 49.4 Å². The average Bonchev–Trinajstić information content (AvgIpc) is 2.93. The molecule has 1 saturated heterocycles. The van der Waals surface area contributed by atoms with Crippen molar-refractivity contribution in [1.29, 1.82) is 0 Å². The molecular formula is C13H22N2O2S2. The van der Waals surface area contributed by atoms with E-state index in [4.69, 9.17) is 0 Å². The van der Waals surface area contributed by atoms with Gasteiger partial charge < -0.3 is 5.32 Å². The minimum atomic E-state index is -3.29. The van der Waals surface area contributed by atoms with Crippen LogP contribution in [0.15, 0.2) is 15.7 Å². The Bertz CT molecular complexity index is 535. The number of hydrogen-bond donors (Lipinski definition) is 1. The highest BCUT2D eigenvalue weighted by Crippen LogP contribution is 2.34. The average molecular weight is 302 g/mol. The second kappa shape index (κ2) is 5.52. The van der Waals surface area contributed by atoms with Crippen molar-refractivity contribution in [2.45, 2.75) is 37.9 Å². The number of nitrogens with zero attached hydrogens (tertiary/aromatic N) is 1. The molecule has 1 aliphatic heterocycles. The molecule has 2 rings (SSSR count). The quantitative estimate of drug-likeness (QED) is 0.908. The predicted octanol–water partition coefficient (Wildman–Crippen LogP) is 2.28. The van der Waals surface area contributed by atoms with Crippen molar-refractivity contribution in [3.8, 4) is 0 Å². The summed E-state index contributed by atoms with van der Waals surface area (Å²) in [5.41, 5.74) is 1.14. The molecule has 4 nitrogen and oxygen atoms in total. The van der Waals surface area contributed by atoms with E-state index in [-0.39, 0.29) is 5.41 Å². The molecule has 1 aromatic rings. The smallest absolute Gasteiger partial charge is 0.252 e. The van der Waals surface area contributed by atoms with Gasteiger partial charge in [-0.3, -0.25) is 0 Å². The zero-order chi connectivity index (χ0) is 14.1. The number of hydrogen-bond acceptors (Lipinski definition) is 4. The number of sulfonamides is 1. The minimum absolute atomic E-state index is 0.0942. The van der Waals surface area contributed by atoms with E-state index in [9.17, 15) is 8.42 Å². The molecule has 1 aliphatic rings. The van der Waals surface area contributed by atoms with Crippen LogP contribution in [0, 0.1) is 5.41 Å². The third-order valence-corrected chi connectivity index (χ3v) is 6.75. The Labute approximate surface area is 119 Å². The van der Waals surface area contributed by atoms with E-state index in [0.29, 0.717) is 17.3 Å². The molecule has 0 aromatic carbocycles. The first-order valence-electron chi connectivity index (χ1n) is 6.63. The van der Waals surface area contributed by atoms with Crippen LogP contribution in [0.5, 0.6) is 0 Å². The molecule has 0 radical (unpaired) electrons. The lowest BCUT2D eigenvalue weighted by Crippen LogP contribution is -2.29. The van der Waals surface area contributed by atoms with Crippen LogP contribution in [0.2, 0.25) is 0 Å². The molecule has 0 saturated carbocycles. The molecule has 1 aromatic heterocycles. The van der Waals surface area contributed by atoms with Gasteiger partial charge in [0.15, 0.2) is 0 Å². The molecule has 108 valence electrons. The van der Waals surface area contributed by atoms with Gasteiger partial charge in [0.25, 0.3) is 10.0 Å². The largest absolute Gasteiger partial charge is 0.313 e. The second-order valence-corrected chi connectivity index (χ2v) is 8.88. The molecule has 1 N–H and O–H groups in total.